The molecule has 0 radical (unpaired) electrons. The minimum atomic E-state index is -0.263. The average molecular weight is 385 g/mol. The van der Waals surface area contributed by atoms with Gasteiger partial charge in [-0.2, -0.15) is 10.2 Å². The van der Waals surface area contributed by atoms with Gasteiger partial charge in [-0.15, -0.1) is 0 Å². The second-order valence-electron chi connectivity index (χ2n) is 7.33. The molecule has 6 nitrogen and oxygen atoms in total. The van der Waals surface area contributed by atoms with E-state index in [1.54, 1.807) is 10.9 Å². The summed E-state index contributed by atoms with van der Waals surface area (Å²) >= 11 is 0. The van der Waals surface area contributed by atoms with Crippen molar-refractivity contribution in [3.05, 3.63) is 84.8 Å². The smallest absolute Gasteiger partial charge is 0.276 e. The molecule has 0 atom stereocenters. The molecule has 2 aromatic heterocycles. The average Bonchev–Trinajstić information content (AvgIpc) is 3.36. The number of para-hydroxylation sites is 1. The molecule has 1 amide bonds. The molecule has 4 rings (SSSR count). The van der Waals surface area contributed by atoms with Gasteiger partial charge in [0.2, 0.25) is 0 Å². The van der Waals surface area contributed by atoms with E-state index < -0.39 is 0 Å². The Hall–Kier alpha value is -3.67. The van der Waals surface area contributed by atoms with Crippen molar-refractivity contribution >= 4 is 11.6 Å². The van der Waals surface area contributed by atoms with Gasteiger partial charge in [0.05, 0.1) is 23.3 Å². The molecule has 0 aliphatic carbocycles. The number of anilines is 1. The number of carbonyl (C=O) groups excluding carboxylic acids is 1. The van der Waals surface area contributed by atoms with Crippen molar-refractivity contribution in [3.8, 4) is 16.9 Å². The predicted octanol–water partition coefficient (Wildman–Crippen LogP) is 4.64. The fourth-order valence-electron chi connectivity index (χ4n) is 3.17. The fourth-order valence-corrected chi connectivity index (χ4v) is 3.17. The Kier molecular flexibility index (Phi) is 5.24. The van der Waals surface area contributed by atoms with Crippen LogP contribution in [0, 0.1) is 5.92 Å². The quantitative estimate of drug-likeness (QED) is 0.526. The summed E-state index contributed by atoms with van der Waals surface area (Å²) in [6.07, 6.45) is 3.50. The number of amides is 1. The molecule has 0 aliphatic rings. The largest absolute Gasteiger partial charge is 0.318 e. The SMILES string of the molecule is CC(C)Cn1cc(NC(=O)c2cc(-c3ccccc3)n(-c3ccccc3)n2)cn1. The molecule has 0 saturated carbocycles. The first kappa shape index (κ1) is 18.7. The molecule has 0 saturated heterocycles. The minimum Gasteiger partial charge on any atom is -0.318 e. The van der Waals surface area contributed by atoms with Crippen molar-refractivity contribution < 1.29 is 4.79 Å². The maximum absolute atomic E-state index is 12.8. The lowest BCUT2D eigenvalue weighted by molar-refractivity contribution is 0.102. The first-order valence-electron chi connectivity index (χ1n) is 9.65. The first-order valence-corrected chi connectivity index (χ1v) is 9.65. The molecule has 29 heavy (non-hydrogen) atoms. The van der Waals surface area contributed by atoms with E-state index in [-0.39, 0.29) is 5.91 Å². The summed E-state index contributed by atoms with van der Waals surface area (Å²) in [5, 5.41) is 11.8. The van der Waals surface area contributed by atoms with Crippen LogP contribution in [0.25, 0.3) is 16.9 Å². The number of nitrogens with one attached hydrogen (secondary N) is 1. The summed E-state index contributed by atoms with van der Waals surface area (Å²) in [7, 11) is 0. The van der Waals surface area contributed by atoms with Crippen LogP contribution in [0.3, 0.4) is 0 Å². The van der Waals surface area contributed by atoms with Gasteiger partial charge in [0.15, 0.2) is 5.69 Å². The van der Waals surface area contributed by atoms with E-state index in [0.29, 0.717) is 17.3 Å². The van der Waals surface area contributed by atoms with Gasteiger partial charge in [0.25, 0.3) is 5.91 Å². The van der Waals surface area contributed by atoms with E-state index in [0.717, 1.165) is 23.5 Å². The van der Waals surface area contributed by atoms with Gasteiger partial charge in [-0.3, -0.25) is 9.48 Å². The van der Waals surface area contributed by atoms with Gasteiger partial charge < -0.3 is 5.32 Å². The standard InChI is InChI=1S/C23H23N5O/c1-17(2)15-27-16-19(14-24-27)25-23(29)21-13-22(18-9-5-3-6-10-18)28(26-21)20-11-7-4-8-12-20/h3-14,16-17H,15H2,1-2H3,(H,25,29). The van der Waals surface area contributed by atoms with Crippen LogP contribution in [0.2, 0.25) is 0 Å². The normalized spacial score (nSPS) is 11.0. The lowest BCUT2D eigenvalue weighted by Gasteiger charge is -2.07. The van der Waals surface area contributed by atoms with E-state index in [2.05, 4.69) is 29.4 Å². The second-order valence-corrected chi connectivity index (χ2v) is 7.33. The zero-order chi connectivity index (χ0) is 20.2. The Morgan fingerprint density at radius 3 is 2.41 bits per heavy atom. The number of carbonyl (C=O) groups is 1. The van der Waals surface area contributed by atoms with Crippen LogP contribution < -0.4 is 5.32 Å². The Bertz CT molecular complexity index is 1040. The predicted molar refractivity (Wildman–Crippen MR) is 114 cm³/mol. The Morgan fingerprint density at radius 1 is 1.03 bits per heavy atom. The highest BCUT2D eigenvalue weighted by Gasteiger charge is 2.17. The Morgan fingerprint density at radius 2 is 1.72 bits per heavy atom. The third-order valence-electron chi connectivity index (χ3n) is 4.46. The van der Waals surface area contributed by atoms with Crippen LogP contribution in [0.15, 0.2) is 79.1 Å². The summed E-state index contributed by atoms with van der Waals surface area (Å²) in [4.78, 5) is 12.8. The molecule has 0 spiro atoms. The molecular formula is C23H23N5O. The third kappa shape index (κ3) is 4.27. The van der Waals surface area contributed by atoms with Crippen molar-refractivity contribution in [2.75, 3.05) is 5.32 Å². The lowest BCUT2D eigenvalue weighted by atomic mass is 10.1. The summed E-state index contributed by atoms with van der Waals surface area (Å²) in [5.41, 5.74) is 3.76. The van der Waals surface area contributed by atoms with Gasteiger partial charge >= 0.3 is 0 Å². The molecule has 0 fully saturated rings. The van der Waals surface area contributed by atoms with Crippen LogP contribution in [0.1, 0.15) is 24.3 Å². The highest BCUT2D eigenvalue weighted by molar-refractivity contribution is 6.03. The monoisotopic (exact) mass is 385 g/mol. The fraction of sp³-hybridized carbons (Fsp3) is 0.174. The van der Waals surface area contributed by atoms with Crippen molar-refractivity contribution in [1.82, 2.24) is 19.6 Å². The zero-order valence-corrected chi connectivity index (χ0v) is 16.5. The molecule has 2 heterocycles. The number of aromatic nitrogens is 4. The van der Waals surface area contributed by atoms with E-state index in [1.165, 1.54) is 0 Å². The highest BCUT2D eigenvalue weighted by Crippen LogP contribution is 2.24. The Labute approximate surface area is 169 Å². The minimum absolute atomic E-state index is 0.263. The van der Waals surface area contributed by atoms with Crippen LogP contribution in [-0.2, 0) is 6.54 Å². The molecular weight excluding hydrogens is 362 g/mol. The van der Waals surface area contributed by atoms with Crippen LogP contribution in [-0.4, -0.2) is 25.5 Å². The van der Waals surface area contributed by atoms with Crippen molar-refractivity contribution in [3.63, 3.8) is 0 Å². The first-order chi connectivity index (χ1) is 14.1. The maximum atomic E-state index is 12.8. The zero-order valence-electron chi connectivity index (χ0n) is 16.5. The summed E-state index contributed by atoms with van der Waals surface area (Å²) in [6, 6.07) is 21.5. The summed E-state index contributed by atoms with van der Waals surface area (Å²) < 4.78 is 3.63. The highest BCUT2D eigenvalue weighted by atomic mass is 16.2. The summed E-state index contributed by atoms with van der Waals surface area (Å²) in [6.45, 7) is 5.05. The van der Waals surface area contributed by atoms with Gasteiger partial charge in [-0.1, -0.05) is 62.4 Å². The molecule has 2 aromatic carbocycles. The van der Waals surface area contributed by atoms with Gasteiger partial charge in [-0.05, 0) is 24.1 Å². The molecule has 0 unspecified atom stereocenters. The van der Waals surface area contributed by atoms with Gasteiger partial charge in [-0.25, -0.2) is 4.68 Å². The summed E-state index contributed by atoms with van der Waals surface area (Å²) in [5.74, 6) is 0.217. The number of nitrogens with zero attached hydrogens (tertiary/aromatic N) is 4. The molecule has 146 valence electrons. The lowest BCUT2D eigenvalue weighted by Crippen LogP contribution is -2.13. The molecule has 1 N–H and O–H groups in total. The second kappa shape index (κ2) is 8.14. The van der Waals surface area contributed by atoms with Crippen molar-refractivity contribution in [1.29, 1.82) is 0 Å². The molecule has 0 aliphatic heterocycles. The molecule has 6 heteroatoms. The van der Waals surface area contributed by atoms with Crippen LogP contribution in [0.4, 0.5) is 5.69 Å². The van der Waals surface area contributed by atoms with E-state index in [4.69, 9.17) is 0 Å². The van der Waals surface area contributed by atoms with Crippen LogP contribution >= 0.6 is 0 Å². The topological polar surface area (TPSA) is 64.7 Å². The number of rotatable bonds is 6. The number of benzene rings is 2. The van der Waals surface area contributed by atoms with E-state index in [9.17, 15) is 4.79 Å². The van der Waals surface area contributed by atoms with Crippen molar-refractivity contribution in [2.24, 2.45) is 5.92 Å². The number of hydrogen-bond acceptors (Lipinski definition) is 3. The van der Waals surface area contributed by atoms with Gasteiger partial charge in [0.1, 0.15) is 0 Å². The third-order valence-corrected chi connectivity index (χ3v) is 4.46. The molecule has 4 aromatic rings. The molecule has 0 bridgehead atoms. The van der Waals surface area contributed by atoms with Crippen LogP contribution in [0.5, 0.6) is 0 Å². The van der Waals surface area contributed by atoms with E-state index in [1.807, 2.05) is 77.6 Å². The van der Waals surface area contributed by atoms with E-state index >= 15 is 0 Å². The van der Waals surface area contributed by atoms with Gasteiger partial charge in [0, 0.05) is 18.3 Å². The maximum Gasteiger partial charge on any atom is 0.276 e. The van der Waals surface area contributed by atoms with Crippen molar-refractivity contribution in [2.45, 2.75) is 20.4 Å². The Balaban J connectivity index is 1.65. The number of hydrogen-bond donors (Lipinski definition) is 1.